The SMILES string of the molecule is COc1cc2c(c3sc(Nc4cccc(C)c4)nc13)[C@H]1CC[C@]3(C)C(=O)[C@H](Br)C[C@H]3[C@@H]1CC2. The molecule has 172 valence electrons. The number of hydrogen-bond donors (Lipinski definition) is 1. The lowest BCUT2D eigenvalue weighted by molar-refractivity contribution is -0.128. The van der Waals surface area contributed by atoms with Crippen LogP contribution in [0.2, 0.25) is 0 Å². The average Bonchev–Trinajstić information content (AvgIpc) is 3.32. The number of carbonyl (C=O) groups is 1. The molecule has 0 unspecified atom stereocenters. The van der Waals surface area contributed by atoms with Crippen LogP contribution in [0.1, 0.15) is 55.2 Å². The molecule has 1 aromatic heterocycles. The van der Waals surface area contributed by atoms with Crippen LogP contribution in [0.5, 0.6) is 5.75 Å². The smallest absolute Gasteiger partial charge is 0.188 e. The number of methoxy groups -OCH3 is 1. The van der Waals surface area contributed by atoms with E-state index in [-0.39, 0.29) is 10.2 Å². The lowest BCUT2D eigenvalue weighted by Gasteiger charge is -2.48. The molecule has 1 N–H and O–H groups in total. The molecule has 33 heavy (non-hydrogen) atoms. The summed E-state index contributed by atoms with van der Waals surface area (Å²) in [5.74, 6) is 2.83. The third-order valence-corrected chi connectivity index (χ3v) is 10.3. The van der Waals surface area contributed by atoms with Gasteiger partial charge in [0.15, 0.2) is 10.9 Å². The second-order valence-electron chi connectivity index (χ2n) is 10.3. The van der Waals surface area contributed by atoms with Gasteiger partial charge in [0, 0.05) is 11.1 Å². The zero-order chi connectivity index (χ0) is 22.9. The second kappa shape index (κ2) is 7.81. The third-order valence-electron chi connectivity index (χ3n) is 8.50. The molecule has 4 nitrogen and oxygen atoms in total. The Morgan fingerprint density at radius 3 is 2.91 bits per heavy atom. The van der Waals surface area contributed by atoms with Crippen molar-refractivity contribution in [2.75, 3.05) is 12.4 Å². The highest BCUT2D eigenvalue weighted by Gasteiger charge is 2.57. The van der Waals surface area contributed by atoms with Gasteiger partial charge in [-0.05, 0) is 91.7 Å². The van der Waals surface area contributed by atoms with Gasteiger partial charge in [0.25, 0.3) is 0 Å². The summed E-state index contributed by atoms with van der Waals surface area (Å²) in [6.07, 6.45) is 5.26. The Hall–Kier alpha value is -1.92. The third kappa shape index (κ3) is 3.28. The van der Waals surface area contributed by atoms with E-state index < -0.39 is 0 Å². The lowest BCUT2D eigenvalue weighted by Crippen LogP contribution is -2.42. The van der Waals surface area contributed by atoms with Crippen molar-refractivity contribution in [3.63, 3.8) is 0 Å². The van der Waals surface area contributed by atoms with Crippen LogP contribution in [-0.2, 0) is 11.2 Å². The van der Waals surface area contributed by atoms with E-state index in [1.54, 1.807) is 18.4 Å². The summed E-state index contributed by atoms with van der Waals surface area (Å²) in [6.45, 7) is 4.33. The van der Waals surface area contributed by atoms with Gasteiger partial charge in [-0.3, -0.25) is 4.79 Å². The number of rotatable bonds is 3. The summed E-state index contributed by atoms with van der Waals surface area (Å²) in [6, 6.07) is 10.6. The molecule has 6 rings (SSSR count). The number of anilines is 2. The van der Waals surface area contributed by atoms with Crippen molar-refractivity contribution < 1.29 is 9.53 Å². The first-order valence-corrected chi connectivity index (χ1v) is 13.6. The number of nitrogens with zero attached hydrogens (tertiary/aromatic N) is 1. The lowest BCUT2D eigenvalue weighted by atomic mass is 9.55. The molecule has 6 heteroatoms. The molecule has 0 bridgehead atoms. The van der Waals surface area contributed by atoms with Crippen LogP contribution in [0.4, 0.5) is 10.8 Å². The first-order valence-electron chi connectivity index (χ1n) is 11.9. The highest BCUT2D eigenvalue weighted by Crippen LogP contribution is 2.61. The molecule has 0 radical (unpaired) electrons. The zero-order valence-corrected chi connectivity index (χ0v) is 21.7. The van der Waals surface area contributed by atoms with Gasteiger partial charge in [-0.1, -0.05) is 46.3 Å². The maximum atomic E-state index is 13.0. The monoisotopic (exact) mass is 524 g/mol. The number of hydrogen-bond acceptors (Lipinski definition) is 5. The minimum atomic E-state index is -0.163. The molecule has 2 saturated carbocycles. The molecule has 2 fully saturated rings. The van der Waals surface area contributed by atoms with E-state index in [1.807, 2.05) is 0 Å². The van der Waals surface area contributed by atoms with Crippen LogP contribution in [0, 0.1) is 24.2 Å². The molecular weight excluding hydrogens is 496 g/mol. The highest BCUT2D eigenvalue weighted by molar-refractivity contribution is 9.10. The van der Waals surface area contributed by atoms with Gasteiger partial charge >= 0.3 is 0 Å². The maximum Gasteiger partial charge on any atom is 0.188 e. The number of ketones is 1. The fraction of sp³-hybridized carbons (Fsp3) is 0.481. The zero-order valence-electron chi connectivity index (χ0n) is 19.3. The maximum absolute atomic E-state index is 13.0. The first kappa shape index (κ1) is 21.6. The number of fused-ring (bicyclic) bond motifs is 7. The van der Waals surface area contributed by atoms with Crippen molar-refractivity contribution in [2.45, 2.75) is 56.7 Å². The number of thiazole rings is 1. The minimum absolute atomic E-state index is 0.0251. The second-order valence-corrected chi connectivity index (χ2v) is 12.4. The van der Waals surface area contributed by atoms with Crippen LogP contribution < -0.4 is 10.1 Å². The quantitative estimate of drug-likeness (QED) is 0.369. The van der Waals surface area contributed by atoms with Crippen molar-refractivity contribution in [1.82, 2.24) is 4.98 Å². The number of nitrogens with one attached hydrogen (secondary N) is 1. The Balaban J connectivity index is 1.44. The predicted octanol–water partition coefficient (Wildman–Crippen LogP) is 7.16. The van der Waals surface area contributed by atoms with Crippen LogP contribution in [0.25, 0.3) is 10.2 Å². The minimum Gasteiger partial charge on any atom is -0.494 e. The van der Waals surface area contributed by atoms with Crippen molar-refractivity contribution in [2.24, 2.45) is 17.3 Å². The standard InChI is InChI=1S/C27H29BrN2O2S/c1-14-5-4-6-16(11-14)29-26-30-23-21(32-3)12-15-7-8-17-18(22(15)24(23)33-26)9-10-27(2)19(17)13-20(28)25(27)31/h4-6,11-12,17-20H,7-10,13H2,1-3H3,(H,29,30)/t17-,18+,19+,20-,27+/m1/s1. The number of benzene rings is 2. The Morgan fingerprint density at radius 2 is 2.12 bits per heavy atom. The molecule has 2 aromatic carbocycles. The molecule has 0 amide bonds. The Morgan fingerprint density at radius 1 is 1.27 bits per heavy atom. The molecule has 1 heterocycles. The van der Waals surface area contributed by atoms with Gasteiger partial charge in [0.1, 0.15) is 11.3 Å². The van der Waals surface area contributed by atoms with E-state index >= 15 is 0 Å². The summed E-state index contributed by atoms with van der Waals surface area (Å²) in [4.78, 5) is 18.0. The molecule has 0 aliphatic heterocycles. The average molecular weight is 526 g/mol. The van der Waals surface area contributed by atoms with Crippen LogP contribution in [0.15, 0.2) is 30.3 Å². The van der Waals surface area contributed by atoms with Gasteiger partial charge in [-0.2, -0.15) is 0 Å². The molecule has 5 atom stereocenters. The van der Waals surface area contributed by atoms with E-state index in [2.05, 4.69) is 65.4 Å². The molecule has 3 aliphatic rings. The number of Topliss-reactive ketones (excluding diaryl/α,β-unsaturated/α-hetero) is 1. The van der Waals surface area contributed by atoms with E-state index in [1.165, 1.54) is 21.4 Å². The van der Waals surface area contributed by atoms with Gasteiger partial charge in [-0.15, -0.1) is 0 Å². The number of ether oxygens (including phenoxy) is 1. The van der Waals surface area contributed by atoms with E-state index in [0.29, 0.717) is 23.5 Å². The van der Waals surface area contributed by atoms with E-state index in [9.17, 15) is 4.79 Å². The molecule has 3 aromatic rings. The van der Waals surface area contributed by atoms with E-state index in [0.717, 1.165) is 54.2 Å². The van der Waals surface area contributed by atoms with Gasteiger partial charge in [0.05, 0.1) is 16.6 Å². The van der Waals surface area contributed by atoms with Gasteiger partial charge in [0.2, 0.25) is 0 Å². The topological polar surface area (TPSA) is 51.2 Å². The number of halogens is 1. The highest BCUT2D eigenvalue weighted by atomic mass is 79.9. The van der Waals surface area contributed by atoms with Crippen LogP contribution in [-0.4, -0.2) is 22.7 Å². The first-order chi connectivity index (χ1) is 15.9. The Bertz CT molecular complexity index is 1270. The Labute approximate surface area is 207 Å². The van der Waals surface area contributed by atoms with Gasteiger partial charge < -0.3 is 10.1 Å². The fourth-order valence-electron chi connectivity index (χ4n) is 6.91. The molecule has 0 saturated heterocycles. The normalized spacial score (nSPS) is 30.6. The number of aryl methyl sites for hydroxylation is 2. The summed E-state index contributed by atoms with van der Waals surface area (Å²) in [5.41, 5.74) is 5.97. The molecular formula is C27H29BrN2O2S. The van der Waals surface area contributed by atoms with Crippen molar-refractivity contribution in [3.05, 3.63) is 47.0 Å². The van der Waals surface area contributed by atoms with Crippen molar-refractivity contribution in [3.8, 4) is 5.75 Å². The predicted molar refractivity (Wildman–Crippen MR) is 138 cm³/mol. The summed E-state index contributed by atoms with van der Waals surface area (Å²) < 4.78 is 7.05. The molecule has 3 aliphatic carbocycles. The summed E-state index contributed by atoms with van der Waals surface area (Å²) >= 11 is 5.44. The van der Waals surface area contributed by atoms with Crippen LogP contribution in [0.3, 0.4) is 0 Å². The Kier molecular flexibility index (Phi) is 5.11. The van der Waals surface area contributed by atoms with E-state index in [4.69, 9.17) is 9.72 Å². The fourth-order valence-corrected chi connectivity index (χ4v) is 8.97. The number of carbonyl (C=O) groups excluding carboxylic acids is 1. The van der Waals surface area contributed by atoms with Gasteiger partial charge in [-0.25, -0.2) is 4.98 Å². The largest absolute Gasteiger partial charge is 0.494 e. The molecule has 0 spiro atoms. The number of aromatic nitrogens is 1. The van der Waals surface area contributed by atoms with Crippen molar-refractivity contribution in [1.29, 1.82) is 0 Å². The number of alkyl halides is 1. The summed E-state index contributed by atoms with van der Waals surface area (Å²) in [7, 11) is 1.74. The summed E-state index contributed by atoms with van der Waals surface area (Å²) in [5, 5.41) is 4.42. The van der Waals surface area contributed by atoms with Crippen molar-refractivity contribution >= 4 is 54.1 Å². The van der Waals surface area contributed by atoms with Crippen LogP contribution >= 0.6 is 27.3 Å².